The summed E-state index contributed by atoms with van der Waals surface area (Å²) >= 11 is 2.23. The number of rotatable bonds is 0. The van der Waals surface area contributed by atoms with Gasteiger partial charge >= 0.3 is 81.1 Å². The second-order valence-electron chi connectivity index (χ2n) is 4.26. The van der Waals surface area contributed by atoms with E-state index < -0.39 is 0 Å². The Morgan fingerprint density at radius 3 is 1.85 bits per heavy atom. The summed E-state index contributed by atoms with van der Waals surface area (Å²) < 4.78 is 1.54. The molecule has 0 heterocycles. The van der Waals surface area contributed by atoms with Crippen LogP contribution in [0, 0.1) is 5.41 Å². The molecule has 0 nitrogen and oxygen atoms in total. The Bertz CT molecular complexity index is 234. The molecule has 0 saturated carbocycles. The van der Waals surface area contributed by atoms with Gasteiger partial charge in [-0.15, -0.1) is 0 Å². The van der Waals surface area contributed by atoms with Gasteiger partial charge in [0.1, 0.15) is 0 Å². The maximum absolute atomic E-state index is 2.34. The van der Waals surface area contributed by atoms with Gasteiger partial charge in [-0.25, -0.2) is 0 Å². The molecule has 0 spiro atoms. The van der Waals surface area contributed by atoms with Crippen molar-refractivity contribution in [3.05, 3.63) is 21.1 Å². The number of hydrogen-bond acceptors (Lipinski definition) is 0. The first-order chi connectivity index (χ1) is 4.91. The second-order valence-corrected chi connectivity index (χ2v) is 5.20. The van der Waals surface area contributed by atoms with Gasteiger partial charge < -0.3 is 24.8 Å². The van der Waals surface area contributed by atoms with Crippen LogP contribution in [0.2, 0.25) is 0 Å². The molecule has 0 bridgehead atoms. The molecule has 0 fully saturated rings. The number of halogens is 2. The van der Waals surface area contributed by atoms with Crippen molar-refractivity contribution >= 4 is 0 Å². The fourth-order valence-corrected chi connectivity index (χ4v) is 1.62. The van der Waals surface area contributed by atoms with E-state index >= 15 is 0 Å². The molecular weight excluding hydrogens is 239 g/mol. The SMILES string of the molecule is CC1=[C]([Ti+2])CC(C(C)(C)C)=C1.[Cl-].[Cl-]. The Labute approximate surface area is 105 Å². The molecule has 0 aromatic carbocycles. The molecule has 0 aliphatic heterocycles. The van der Waals surface area contributed by atoms with E-state index in [0.29, 0.717) is 5.41 Å². The summed E-state index contributed by atoms with van der Waals surface area (Å²) in [5, 5.41) is 0. The van der Waals surface area contributed by atoms with Gasteiger partial charge in [0.25, 0.3) is 0 Å². The predicted molar refractivity (Wildman–Crippen MR) is 44.9 cm³/mol. The van der Waals surface area contributed by atoms with Gasteiger partial charge in [0.2, 0.25) is 0 Å². The summed E-state index contributed by atoms with van der Waals surface area (Å²) in [4.78, 5) is 0. The number of hydrogen-bond donors (Lipinski definition) is 0. The van der Waals surface area contributed by atoms with Crippen molar-refractivity contribution in [1.82, 2.24) is 0 Å². The molecule has 73 valence electrons. The fourth-order valence-electron chi connectivity index (χ4n) is 1.21. The molecule has 0 aromatic rings. The summed E-state index contributed by atoms with van der Waals surface area (Å²) in [6.45, 7) is 9.05. The summed E-state index contributed by atoms with van der Waals surface area (Å²) in [7, 11) is 0. The van der Waals surface area contributed by atoms with Gasteiger partial charge in [-0.2, -0.15) is 0 Å². The maximum Gasteiger partial charge on any atom is -1.00 e. The summed E-state index contributed by atoms with van der Waals surface area (Å²) in [5.74, 6) is 0. The van der Waals surface area contributed by atoms with E-state index in [-0.39, 0.29) is 24.8 Å². The van der Waals surface area contributed by atoms with E-state index in [4.69, 9.17) is 0 Å². The zero-order chi connectivity index (χ0) is 8.65. The van der Waals surface area contributed by atoms with Gasteiger partial charge in [0.15, 0.2) is 0 Å². The number of allylic oxidation sites excluding steroid dienone is 4. The Balaban J connectivity index is 0. The first kappa shape index (κ1) is 16.2. The van der Waals surface area contributed by atoms with Gasteiger partial charge in [0, 0.05) is 0 Å². The van der Waals surface area contributed by atoms with E-state index in [9.17, 15) is 0 Å². The van der Waals surface area contributed by atoms with Crippen LogP contribution in [0.1, 0.15) is 34.1 Å². The van der Waals surface area contributed by atoms with Crippen molar-refractivity contribution in [3.63, 3.8) is 0 Å². The summed E-state index contributed by atoms with van der Waals surface area (Å²) in [6.07, 6.45) is 3.53. The third-order valence-corrected chi connectivity index (χ3v) is 3.09. The average molecular weight is 254 g/mol. The minimum absolute atomic E-state index is 0. The summed E-state index contributed by atoms with van der Waals surface area (Å²) in [6, 6.07) is 0. The van der Waals surface area contributed by atoms with Crippen molar-refractivity contribution in [1.29, 1.82) is 0 Å². The van der Waals surface area contributed by atoms with Crippen LogP contribution in [0.15, 0.2) is 21.1 Å². The van der Waals surface area contributed by atoms with Crippen LogP contribution in [0.4, 0.5) is 0 Å². The largest absolute Gasteiger partial charge is 1.00 e. The molecule has 13 heavy (non-hydrogen) atoms. The Morgan fingerprint density at radius 1 is 1.23 bits per heavy atom. The molecule has 0 amide bonds. The minimum atomic E-state index is 0. The zero-order valence-corrected chi connectivity index (χ0v) is 11.6. The van der Waals surface area contributed by atoms with Crippen LogP contribution in [-0.2, 0) is 20.4 Å². The van der Waals surface area contributed by atoms with Gasteiger partial charge in [-0.1, -0.05) is 0 Å². The van der Waals surface area contributed by atoms with E-state index in [1.165, 1.54) is 15.9 Å². The first-order valence-corrected chi connectivity index (χ1v) is 4.82. The monoisotopic (exact) mass is 253 g/mol. The quantitative estimate of drug-likeness (QED) is 0.409. The molecule has 1 aliphatic rings. The Morgan fingerprint density at radius 2 is 1.69 bits per heavy atom. The van der Waals surface area contributed by atoms with E-state index in [2.05, 4.69) is 54.2 Å². The molecule has 0 N–H and O–H groups in total. The smallest absolute Gasteiger partial charge is 1.00 e. The molecule has 3 heteroatoms. The fraction of sp³-hybridized carbons (Fsp3) is 0.600. The zero-order valence-electron chi connectivity index (χ0n) is 8.54. The normalized spacial score (nSPS) is 16.3. The van der Waals surface area contributed by atoms with Crippen molar-refractivity contribution in [3.8, 4) is 0 Å². The van der Waals surface area contributed by atoms with E-state index in [1.54, 1.807) is 5.57 Å². The van der Waals surface area contributed by atoms with Gasteiger partial charge in [0.05, 0.1) is 0 Å². The molecule has 1 aliphatic carbocycles. The minimum Gasteiger partial charge on any atom is -1.00 e. The summed E-state index contributed by atoms with van der Waals surface area (Å²) in [5.41, 5.74) is 3.40. The third-order valence-electron chi connectivity index (χ3n) is 2.20. The van der Waals surface area contributed by atoms with E-state index in [1.807, 2.05) is 0 Å². The standard InChI is InChI=1S/C10H15.2ClH.Ti/c1-8-5-6-9(7-8)10(2,3)4;;;/h7H,6H2,1-4H3;2*1H;/q;;;+2/p-2. The average Bonchev–Trinajstić information content (AvgIpc) is 2.11. The first-order valence-electron chi connectivity index (χ1n) is 4.03. The van der Waals surface area contributed by atoms with Crippen LogP contribution in [0.25, 0.3) is 0 Å². The molecular formula is C10H15Cl2Ti. The maximum atomic E-state index is 2.34. The Hall–Kier alpha value is 0.774. The molecule has 0 atom stereocenters. The van der Waals surface area contributed by atoms with Crippen LogP contribution in [0.3, 0.4) is 0 Å². The van der Waals surface area contributed by atoms with E-state index in [0.717, 1.165) is 0 Å². The Kier molecular flexibility index (Phi) is 6.99. The van der Waals surface area contributed by atoms with Crippen molar-refractivity contribution < 1.29 is 45.2 Å². The molecule has 0 radical (unpaired) electrons. The predicted octanol–water partition coefficient (Wildman–Crippen LogP) is -2.81. The van der Waals surface area contributed by atoms with Gasteiger partial charge in [-0.05, 0) is 0 Å². The molecule has 0 unspecified atom stereocenters. The molecule has 1 rings (SSSR count). The van der Waals surface area contributed by atoms with Crippen LogP contribution < -0.4 is 24.8 Å². The topological polar surface area (TPSA) is 0 Å². The van der Waals surface area contributed by atoms with Crippen molar-refractivity contribution in [2.75, 3.05) is 0 Å². The molecule has 0 saturated heterocycles. The van der Waals surface area contributed by atoms with Crippen molar-refractivity contribution in [2.24, 2.45) is 5.41 Å². The second kappa shape index (κ2) is 5.61. The van der Waals surface area contributed by atoms with Gasteiger partial charge in [-0.3, -0.25) is 0 Å². The van der Waals surface area contributed by atoms with Crippen LogP contribution in [-0.4, -0.2) is 0 Å². The molecule has 0 aromatic heterocycles. The third kappa shape index (κ3) is 4.21. The van der Waals surface area contributed by atoms with Crippen LogP contribution in [0.5, 0.6) is 0 Å². The van der Waals surface area contributed by atoms with Crippen molar-refractivity contribution in [2.45, 2.75) is 34.1 Å². The van der Waals surface area contributed by atoms with Crippen LogP contribution >= 0.6 is 0 Å².